The molecule has 8 aliphatic carbocycles. The quantitative estimate of drug-likeness (QED) is 0.0124. The number of Topliss-reactive ketones (excluding diaryl/α,β-unsaturated/α-hetero) is 2. The van der Waals surface area contributed by atoms with E-state index in [4.69, 9.17) is 9.47 Å². The van der Waals surface area contributed by atoms with Crippen LogP contribution in [0.1, 0.15) is 169 Å². The van der Waals surface area contributed by atoms with E-state index >= 15 is 0 Å². The molecule has 4 aliphatic heterocycles. The average molecular weight is 1730 g/mol. The summed E-state index contributed by atoms with van der Waals surface area (Å²) in [6.45, 7) is 31.6. The summed E-state index contributed by atoms with van der Waals surface area (Å²) >= 11 is 3.34. The van der Waals surface area contributed by atoms with Gasteiger partial charge in [-0.15, -0.1) is 23.5 Å². The van der Waals surface area contributed by atoms with E-state index in [0.717, 1.165) is 150 Å². The van der Waals surface area contributed by atoms with Gasteiger partial charge in [-0.05, 0) is 257 Å². The number of benzene rings is 6. The van der Waals surface area contributed by atoms with Crippen LogP contribution >= 0.6 is 23.5 Å². The monoisotopic (exact) mass is 1730 g/mol. The number of carbonyl (C=O) groups is 2. The number of rotatable bonds is 33. The Morgan fingerprint density at radius 3 is 1.25 bits per heavy atom. The minimum atomic E-state index is -4.77. The number of allylic oxidation sites excluding steroid dienone is 2. The lowest BCUT2D eigenvalue weighted by atomic mass is 9.33. The fraction of sp³-hybridized carbons (Fsp3) is 0.567. The standard InChI is InChI=1S/C49H62F3N3O4S2.C48H62N4O6S2/c1-46(2)17-15-43(48-33-47(3,34-48)35-48)39(29-46)30-54-19-21-55(22-20-54)40-12-9-37(10-13-40)45(56)32-61(57,58)42-14-11-38(44(28-42)49(50,51)52)27-36(16-18-53-23-25-59-26-24-53)31-60-41-7-5-4-6-8-41;1-46(2)17-15-43(48-33-47(3,34-48)35-48)39(29-46)30-50-19-21-51(22-20-50)40-12-9-37(10-13-40)45(53)32-60(56,57)42-14-11-38(44(28-42)52(54)55)27-36(16-18-49-23-25-58-26-24-49)31-59-41-7-5-4-6-8-41/h4-14,28,36H,15-27,29-35H2,1-3H3;4-14,28,36H,15-27,29-35H2,1-3H3/t2*36-,47?,48?/m00/s1. The van der Waals surface area contributed by atoms with Gasteiger partial charge in [-0.2, -0.15) is 13.2 Å². The highest BCUT2D eigenvalue weighted by Gasteiger charge is 2.68. The zero-order chi connectivity index (χ0) is 85.2. The largest absolute Gasteiger partial charge is 0.416 e. The fourth-order valence-corrected chi connectivity index (χ4v) is 26.7. The van der Waals surface area contributed by atoms with Gasteiger partial charge in [0.05, 0.1) is 46.7 Å². The summed E-state index contributed by atoms with van der Waals surface area (Å²) < 4.78 is 109. The van der Waals surface area contributed by atoms with E-state index < -0.39 is 64.3 Å². The third kappa shape index (κ3) is 21.9. The van der Waals surface area contributed by atoms with Gasteiger partial charge in [0.25, 0.3) is 5.69 Å². The number of ether oxygens (including phenoxy) is 2. The second-order valence-corrected chi connectivity index (χ2v) is 45.5. The maximum Gasteiger partial charge on any atom is 0.416 e. The Kier molecular flexibility index (Phi) is 27.3. The Labute approximate surface area is 724 Å². The summed E-state index contributed by atoms with van der Waals surface area (Å²) in [7, 11) is -8.51. The Bertz CT molecular complexity index is 4940. The van der Waals surface area contributed by atoms with Crippen LogP contribution in [0.3, 0.4) is 0 Å². The number of morpholine rings is 2. The number of hydrogen-bond donors (Lipinski definition) is 0. The van der Waals surface area contributed by atoms with Crippen molar-refractivity contribution < 1.29 is 54.0 Å². The Morgan fingerprint density at radius 1 is 0.488 bits per heavy atom. The molecule has 12 aliphatic rings. The van der Waals surface area contributed by atoms with Gasteiger partial charge in [-0.3, -0.25) is 39.3 Å². The lowest BCUT2D eigenvalue weighted by molar-refractivity contribution is -0.385. The lowest BCUT2D eigenvalue weighted by Crippen LogP contribution is -2.61. The number of thioether (sulfide) groups is 2. The zero-order valence-corrected chi connectivity index (χ0v) is 75.0. The Hall–Kier alpha value is -6.71. The van der Waals surface area contributed by atoms with Crippen molar-refractivity contribution in [3.63, 3.8) is 0 Å². The molecule has 0 radical (unpaired) electrons. The SMILES string of the molecule is CC1(C)CCC(C23CC(C)(C2)C3)=C(CN2CCN(c3ccc(C(=O)CS(=O)(=O)c4ccc(C[C@H](CCN5CCOCC5)CSc5ccccc5)c(C(F)(F)F)c4)cc3)CC2)C1.CC1(C)CCC(C23CC(C)(C2)C3)=C(CN2CCN(c3ccc(C(=O)CS(=O)(=O)c4ccc(C[C@H](CCN5CCOCC5)CSc5ccccc5)c([N+](=O)[O-])c4)cc3)CC2)C1. The molecule has 10 fully saturated rings. The first-order valence-electron chi connectivity index (χ1n) is 44.2. The van der Waals surface area contributed by atoms with Crippen LogP contribution in [0.15, 0.2) is 187 Å². The minimum Gasteiger partial charge on any atom is -0.379 e. The molecule has 121 heavy (non-hydrogen) atoms. The summed E-state index contributed by atoms with van der Waals surface area (Å²) in [5.74, 6) is -1.42. The number of anilines is 2. The molecule has 0 amide bonds. The van der Waals surface area contributed by atoms with Crippen LogP contribution in [0.5, 0.6) is 0 Å². The van der Waals surface area contributed by atoms with E-state index in [1.807, 2.05) is 72.8 Å². The maximum absolute atomic E-state index is 14.7. The summed E-state index contributed by atoms with van der Waals surface area (Å²) in [5, 5.41) is 12.4. The van der Waals surface area contributed by atoms with Gasteiger partial charge in [0.2, 0.25) is 0 Å². The zero-order valence-electron chi connectivity index (χ0n) is 71.8. The maximum atomic E-state index is 14.7. The highest BCUT2D eigenvalue weighted by atomic mass is 32.2. The topological polar surface area (TPSA) is 183 Å². The molecule has 4 saturated heterocycles. The van der Waals surface area contributed by atoms with Crippen molar-refractivity contribution in [1.82, 2.24) is 19.6 Å². The minimum absolute atomic E-state index is 0.0637. The third-order valence-corrected chi connectivity index (χ3v) is 34.0. The van der Waals surface area contributed by atoms with Crippen LogP contribution in [-0.4, -0.2) is 207 Å². The van der Waals surface area contributed by atoms with Crippen LogP contribution in [0.25, 0.3) is 0 Å². The van der Waals surface area contributed by atoms with Crippen LogP contribution in [0, 0.1) is 54.4 Å². The molecule has 17 nitrogen and oxygen atoms in total. The van der Waals surface area contributed by atoms with Crippen LogP contribution in [0.4, 0.5) is 30.2 Å². The Balaban J connectivity index is 0.000000188. The number of nitrogens with zero attached hydrogens (tertiary/aromatic N) is 7. The molecule has 6 aromatic carbocycles. The smallest absolute Gasteiger partial charge is 0.379 e. The van der Waals surface area contributed by atoms with Crippen LogP contribution in [0.2, 0.25) is 0 Å². The number of halogens is 3. The molecular weight excluding hydrogens is 1610 g/mol. The van der Waals surface area contributed by atoms with E-state index in [-0.39, 0.29) is 40.0 Å². The molecule has 6 aromatic rings. The molecule has 4 bridgehead atoms. The predicted molar refractivity (Wildman–Crippen MR) is 478 cm³/mol. The number of nitro groups is 1. The number of piperazine rings is 2. The molecule has 0 aromatic heterocycles. The molecule has 4 heterocycles. The van der Waals surface area contributed by atoms with E-state index in [9.17, 15) is 49.7 Å². The van der Waals surface area contributed by atoms with E-state index in [1.54, 1.807) is 76.1 Å². The van der Waals surface area contributed by atoms with E-state index in [1.165, 1.54) is 95.2 Å². The van der Waals surface area contributed by atoms with Crippen molar-refractivity contribution in [1.29, 1.82) is 0 Å². The van der Waals surface area contributed by atoms with Crippen molar-refractivity contribution in [3.05, 3.63) is 206 Å². The third-order valence-electron chi connectivity index (χ3n) is 28.3. The highest BCUT2D eigenvalue weighted by Crippen LogP contribution is 2.78. The van der Waals surface area contributed by atoms with Crippen molar-refractivity contribution >= 4 is 71.8 Å². The van der Waals surface area contributed by atoms with E-state index in [2.05, 4.69) is 83.1 Å². The summed E-state index contributed by atoms with van der Waals surface area (Å²) in [6.07, 6.45) is 13.1. The second-order valence-electron chi connectivity index (χ2n) is 39.3. The van der Waals surface area contributed by atoms with Crippen molar-refractivity contribution in [2.24, 2.45) is 44.3 Å². The Morgan fingerprint density at radius 2 is 0.868 bits per heavy atom. The first-order chi connectivity index (χ1) is 57.7. The molecule has 0 spiro atoms. The van der Waals surface area contributed by atoms with Crippen LogP contribution in [-0.2, 0) is 48.2 Å². The number of hydrogen-bond acceptors (Lipinski definition) is 18. The van der Waals surface area contributed by atoms with Gasteiger partial charge in [0.15, 0.2) is 31.2 Å². The summed E-state index contributed by atoms with van der Waals surface area (Å²) in [5.41, 5.74) is 11.8. The fourth-order valence-electron chi connectivity index (χ4n) is 22.1. The first kappa shape index (κ1) is 89.1. The molecule has 2 atom stereocenters. The highest BCUT2D eigenvalue weighted by molar-refractivity contribution is 7.99. The summed E-state index contributed by atoms with van der Waals surface area (Å²) in [4.78, 5) is 54.7. The van der Waals surface area contributed by atoms with Gasteiger partial charge < -0.3 is 19.3 Å². The normalized spacial score (nSPS) is 25.1. The lowest BCUT2D eigenvalue weighted by Gasteiger charge is -2.72. The number of carbonyl (C=O) groups excluding carboxylic acids is 2. The van der Waals surface area contributed by atoms with Gasteiger partial charge in [-0.25, -0.2) is 16.8 Å². The molecule has 24 heteroatoms. The van der Waals surface area contributed by atoms with Crippen molar-refractivity contribution in [3.8, 4) is 0 Å². The van der Waals surface area contributed by atoms with Gasteiger partial charge >= 0.3 is 6.18 Å². The molecular formula is C97H124F3N7O10S4. The second kappa shape index (κ2) is 37.1. The number of ketones is 2. The predicted octanol–water partition coefficient (Wildman–Crippen LogP) is 18.6. The molecule has 18 rings (SSSR count). The van der Waals surface area contributed by atoms with Gasteiger partial charge in [-0.1, -0.05) is 112 Å². The average Bonchev–Trinajstić information content (AvgIpc) is 0.679. The first-order valence-corrected chi connectivity index (χ1v) is 49.5. The number of nitro benzene ring substituents is 1. The van der Waals surface area contributed by atoms with Gasteiger partial charge in [0, 0.05) is 147 Å². The van der Waals surface area contributed by atoms with Gasteiger partial charge in [0.1, 0.15) is 11.5 Å². The van der Waals surface area contributed by atoms with Crippen LogP contribution < -0.4 is 9.80 Å². The van der Waals surface area contributed by atoms with E-state index in [0.29, 0.717) is 88.6 Å². The molecule has 0 unspecified atom stereocenters. The molecule has 6 saturated carbocycles. The number of sulfone groups is 2. The molecule has 0 N–H and O–H groups in total. The summed E-state index contributed by atoms with van der Waals surface area (Å²) in [6, 6.07) is 41.5. The molecule has 652 valence electrons. The van der Waals surface area contributed by atoms with Crippen molar-refractivity contribution in [2.75, 3.05) is 164 Å². The van der Waals surface area contributed by atoms with Crippen molar-refractivity contribution in [2.45, 2.75) is 170 Å². The number of alkyl halides is 3.